The number of hydrogen-bond donors (Lipinski definition) is 2. The number of aryl methyl sites for hydroxylation is 1. The van der Waals surface area contributed by atoms with Gasteiger partial charge in [0.05, 0.1) is 0 Å². The molecule has 4 heteroatoms. The maximum Gasteiger partial charge on any atom is 0.251 e. The monoisotopic (exact) mass is 239 g/mol. The maximum atomic E-state index is 11.7. The Morgan fingerprint density at radius 3 is 2.81 bits per heavy atom. The minimum Gasteiger partial charge on any atom is -0.508 e. The first kappa shape index (κ1) is 12.9. The summed E-state index contributed by atoms with van der Waals surface area (Å²) in [7, 11) is 0. The van der Waals surface area contributed by atoms with Crippen LogP contribution < -0.4 is 5.32 Å². The topological polar surface area (TPSA) is 49.3 Å². The Morgan fingerprint density at radius 2 is 2.25 bits per heavy atom. The summed E-state index contributed by atoms with van der Waals surface area (Å²) in [5.74, 6) is 0.123. The first-order valence-corrected chi connectivity index (χ1v) is 6.44. The van der Waals surface area contributed by atoms with Crippen LogP contribution in [-0.2, 0) is 0 Å². The zero-order chi connectivity index (χ0) is 12.1. The van der Waals surface area contributed by atoms with Gasteiger partial charge >= 0.3 is 0 Å². The average Bonchev–Trinajstić information content (AvgIpc) is 2.29. The van der Waals surface area contributed by atoms with Gasteiger partial charge in [-0.05, 0) is 36.9 Å². The minimum absolute atomic E-state index is 0.0935. The van der Waals surface area contributed by atoms with Crippen LogP contribution in [0.4, 0.5) is 0 Å². The molecule has 0 aromatic heterocycles. The summed E-state index contributed by atoms with van der Waals surface area (Å²) >= 11 is 1.71. The summed E-state index contributed by atoms with van der Waals surface area (Å²) in [6.45, 7) is 4.49. The van der Waals surface area contributed by atoms with E-state index in [-0.39, 0.29) is 11.7 Å². The molecule has 3 nitrogen and oxygen atoms in total. The number of phenols is 1. The van der Waals surface area contributed by atoms with Crippen LogP contribution in [-0.4, -0.2) is 29.1 Å². The Balaban J connectivity index is 2.63. The van der Waals surface area contributed by atoms with Gasteiger partial charge in [-0.2, -0.15) is 11.8 Å². The molecule has 0 saturated carbocycles. The molecule has 0 spiro atoms. The van der Waals surface area contributed by atoms with Crippen molar-refractivity contribution in [2.45, 2.75) is 19.1 Å². The summed E-state index contributed by atoms with van der Waals surface area (Å²) in [5, 5.41) is 12.6. The first-order valence-electron chi connectivity index (χ1n) is 5.15. The molecule has 2 N–H and O–H groups in total. The van der Waals surface area contributed by atoms with Gasteiger partial charge in [0.1, 0.15) is 5.75 Å². The molecular weight excluding hydrogens is 222 g/mol. The normalized spacial score (nSPS) is 12.2. The molecule has 1 atom stereocenters. The maximum absolute atomic E-state index is 11.7. The van der Waals surface area contributed by atoms with E-state index in [9.17, 15) is 9.90 Å². The Morgan fingerprint density at radius 1 is 1.56 bits per heavy atom. The van der Waals surface area contributed by atoms with Crippen molar-refractivity contribution in [2.75, 3.05) is 12.8 Å². The van der Waals surface area contributed by atoms with Gasteiger partial charge in [0.25, 0.3) is 5.91 Å². The zero-order valence-electron chi connectivity index (χ0n) is 9.78. The quantitative estimate of drug-likeness (QED) is 0.846. The van der Waals surface area contributed by atoms with E-state index < -0.39 is 0 Å². The SMILES string of the molecule is CSC(C)CNC(=O)c1ccc(O)c(C)c1. The van der Waals surface area contributed by atoms with Gasteiger partial charge in [0, 0.05) is 17.4 Å². The lowest BCUT2D eigenvalue weighted by Crippen LogP contribution is -2.29. The summed E-state index contributed by atoms with van der Waals surface area (Å²) < 4.78 is 0. The molecule has 1 amide bonds. The Kier molecular flexibility index (Phi) is 4.68. The number of amides is 1. The molecule has 0 heterocycles. The van der Waals surface area contributed by atoms with Crippen molar-refractivity contribution in [3.05, 3.63) is 29.3 Å². The molecule has 1 rings (SSSR count). The fraction of sp³-hybridized carbons (Fsp3) is 0.417. The molecule has 0 aliphatic rings. The van der Waals surface area contributed by atoms with E-state index in [0.717, 1.165) is 0 Å². The fourth-order valence-corrected chi connectivity index (χ4v) is 1.47. The minimum atomic E-state index is -0.0935. The van der Waals surface area contributed by atoms with E-state index in [1.54, 1.807) is 36.9 Å². The number of phenolic OH excluding ortho intramolecular Hbond substituents is 1. The van der Waals surface area contributed by atoms with Crippen LogP contribution in [0.5, 0.6) is 5.75 Å². The number of hydrogen-bond acceptors (Lipinski definition) is 3. The van der Waals surface area contributed by atoms with Crippen molar-refractivity contribution in [2.24, 2.45) is 0 Å². The highest BCUT2D eigenvalue weighted by atomic mass is 32.2. The molecule has 1 aromatic carbocycles. The smallest absolute Gasteiger partial charge is 0.251 e. The third-order valence-electron chi connectivity index (χ3n) is 2.41. The van der Waals surface area contributed by atoms with E-state index in [1.807, 2.05) is 6.26 Å². The van der Waals surface area contributed by atoms with Gasteiger partial charge < -0.3 is 10.4 Å². The van der Waals surface area contributed by atoms with Crippen LogP contribution in [0.15, 0.2) is 18.2 Å². The van der Waals surface area contributed by atoms with Crippen LogP contribution >= 0.6 is 11.8 Å². The number of nitrogens with one attached hydrogen (secondary N) is 1. The molecule has 0 bridgehead atoms. The molecular formula is C12H17NO2S. The van der Waals surface area contributed by atoms with E-state index in [2.05, 4.69) is 12.2 Å². The van der Waals surface area contributed by atoms with Crippen molar-refractivity contribution in [3.63, 3.8) is 0 Å². The van der Waals surface area contributed by atoms with E-state index in [4.69, 9.17) is 0 Å². The Bertz CT molecular complexity index is 379. The lowest BCUT2D eigenvalue weighted by molar-refractivity contribution is 0.0954. The van der Waals surface area contributed by atoms with Crippen molar-refractivity contribution < 1.29 is 9.90 Å². The number of carbonyl (C=O) groups excluding carboxylic acids is 1. The second-order valence-corrected chi connectivity index (χ2v) is 5.03. The summed E-state index contributed by atoms with van der Waals surface area (Å²) in [6.07, 6.45) is 2.02. The molecule has 1 unspecified atom stereocenters. The predicted octanol–water partition coefficient (Wildman–Crippen LogP) is 2.18. The summed E-state index contributed by atoms with van der Waals surface area (Å²) in [5.41, 5.74) is 1.30. The van der Waals surface area contributed by atoms with E-state index in [1.165, 1.54) is 0 Å². The average molecular weight is 239 g/mol. The molecule has 0 fully saturated rings. The fourth-order valence-electron chi connectivity index (χ4n) is 1.22. The molecule has 0 saturated heterocycles. The van der Waals surface area contributed by atoms with Crippen molar-refractivity contribution in [3.8, 4) is 5.75 Å². The van der Waals surface area contributed by atoms with Crippen LogP contribution in [0, 0.1) is 6.92 Å². The molecule has 88 valence electrons. The van der Waals surface area contributed by atoms with Gasteiger partial charge in [0.2, 0.25) is 0 Å². The van der Waals surface area contributed by atoms with Gasteiger partial charge in [-0.3, -0.25) is 4.79 Å². The molecule has 16 heavy (non-hydrogen) atoms. The number of aromatic hydroxyl groups is 1. The highest BCUT2D eigenvalue weighted by Gasteiger charge is 2.08. The molecule has 0 aliphatic heterocycles. The zero-order valence-corrected chi connectivity index (χ0v) is 10.6. The van der Waals surface area contributed by atoms with Crippen LogP contribution in [0.1, 0.15) is 22.8 Å². The standard InChI is InChI=1S/C12H17NO2S/c1-8-6-10(4-5-11(8)14)12(15)13-7-9(2)16-3/h4-6,9,14H,7H2,1-3H3,(H,13,15). The highest BCUT2D eigenvalue weighted by molar-refractivity contribution is 7.99. The summed E-state index contributed by atoms with van der Waals surface area (Å²) in [4.78, 5) is 11.7. The molecule has 1 aromatic rings. The Labute approximate surface area is 100 Å². The lowest BCUT2D eigenvalue weighted by Gasteiger charge is -2.10. The van der Waals surface area contributed by atoms with Crippen molar-refractivity contribution in [1.82, 2.24) is 5.32 Å². The van der Waals surface area contributed by atoms with Gasteiger partial charge in [-0.15, -0.1) is 0 Å². The van der Waals surface area contributed by atoms with Crippen molar-refractivity contribution in [1.29, 1.82) is 0 Å². The van der Waals surface area contributed by atoms with E-state index >= 15 is 0 Å². The van der Waals surface area contributed by atoms with Crippen molar-refractivity contribution >= 4 is 17.7 Å². The summed E-state index contributed by atoms with van der Waals surface area (Å²) in [6, 6.07) is 4.86. The predicted molar refractivity (Wildman–Crippen MR) is 68.2 cm³/mol. The second kappa shape index (κ2) is 5.80. The van der Waals surface area contributed by atoms with Gasteiger partial charge in [0.15, 0.2) is 0 Å². The first-order chi connectivity index (χ1) is 7.54. The van der Waals surface area contributed by atoms with Crippen LogP contribution in [0.2, 0.25) is 0 Å². The number of thioether (sulfide) groups is 1. The number of rotatable bonds is 4. The third kappa shape index (κ3) is 3.45. The van der Waals surface area contributed by atoms with Gasteiger partial charge in [-0.1, -0.05) is 6.92 Å². The molecule has 0 aliphatic carbocycles. The lowest BCUT2D eigenvalue weighted by atomic mass is 10.1. The highest BCUT2D eigenvalue weighted by Crippen LogP contribution is 2.16. The number of carbonyl (C=O) groups is 1. The van der Waals surface area contributed by atoms with Crippen LogP contribution in [0.25, 0.3) is 0 Å². The Hall–Kier alpha value is -1.16. The van der Waals surface area contributed by atoms with E-state index in [0.29, 0.717) is 22.9 Å². The van der Waals surface area contributed by atoms with Gasteiger partial charge in [-0.25, -0.2) is 0 Å². The molecule has 0 radical (unpaired) electrons. The largest absolute Gasteiger partial charge is 0.508 e. The third-order valence-corrected chi connectivity index (χ3v) is 3.38. The number of benzene rings is 1. The van der Waals surface area contributed by atoms with Crippen LogP contribution in [0.3, 0.4) is 0 Å². The second-order valence-electron chi connectivity index (χ2n) is 3.76.